The Morgan fingerprint density at radius 1 is 1.15 bits per heavy atom. The highest BCUT2D eigenvalue weighted by Crippen LogP contribution is 2.42. The van der Waals surface area contributed by atoms with Gasteiger partial charge >= 0.3 is 6.18 Å². The number of ether oxygens (including phenoxy) is 1. The molecule has 8 heteroatoms. The molecule has 0 spiro atoms. The molecule has 27 heavy (non-hydrogen) atoms. The third-order valence-electron chi connectivity index (χ3n) is 4.12. The minimum atomic E-state index is -4.61. The molecule has 1 heterocycles. The summed E-state index contributed by atoms with van der Waals surface area (Å²) in [6.45, 7) is 0.631. The molecule has 0 unspecified atom stereocenters. The number of rotatable bonds is 5. The van der Waals surface area contributed by atoms with E-state index in [4.69, 9.17) is 10.5 Å². The largest absolute Gasteiger partial charge is 0.497 e. The van der Waals surface area contributed by atoms with E-state index in [1.165, 1.54) is 37.6 Å². The van der Waals surface area contributed by atoms with Crippen LogP contribution in [0, 0.1) is 5.82 Å². The maximum atomic E-state index is 14.6. The standard InChI is InChI=1S/C19H17F4N3O/c1-27-11-5-6-12(16(20)9-11)14-10-26-18(25-8-7-24)13-3-2-4-15(17(13)14)19(21,22)23/h2-6,9-10H,7-8,24H2,1H3,(H,25,26). The van der Waals surface area contributed by atoms with E-state index in [9.17, 15) is 17.6 Å². The molecule has 0 fully saturated rings. The molecule has 142 valence electrons. The zero-order valence-corrected chi connectivity index (χ0v) is 14.4. The Balaban J connectivity index is 2.33. The van der Waals surface area contributed by atoms with Crippen molar-refractivity contribution in [2.75, 3.05) is 25.5 Å². The summed E-state index contributed by atoms with van der Waals surface area (Å²) < 4.78 is 60.4. The second-order valence-corrected chi connectivity index (χ2v) is 5.81. The van der Waals surface area contributed by atoms with Gasteiger partial charge in [-0.15, -0.1) is 0 Å². The SMILES string of the molecule is COc1ccc(-c2cnc(NCCN)c3cccc(C(F)(F)F)c23)c(F)c1. The van der Waals surface area contributed by atoms with E-state index in [0.29, 0.717) is 6.54 Å². The van der Waals surface area contributed by atoms with Crippen LogP contribution in [-0.4, -0.2) is 25.2 Å². The first-order valence-corrected chi connectivity index (χ1v) is 8.13. The summed E-state index contributed by atoms with van der Waals surface area (Å²) in [4.78, 5) is 4.20. The van der Waals surface area contributed by atoms with Crippen LogP contribution in [0.3, 0.4) is 0 Å². The van der Waals surface area contributed by atoms with Crippen LogP contribution in [0.4, 0.5) is 23.4 Å². The lowest BCUT2D eigenvalue weighted by Gasteiger charge is -2.17. The summed E-state index contributed by atoms with van der Waals surface area (Å²) in [6, 6.07) is 7.78. The molecule has 0 amide bonds. The number of hydrogen-bond acceptors (Lipinski definition) is 4. The fraction of sp³-hybridized carbons (Fsp3) is 0.211. The average Bonchev–Trinajstić information content (AvgIpc) is 2.65. The van der Waals surface area contributed by atoms with Crippen molar-refractivity contribution < 1.29 is 22.3 Å². The second kappa shape index (κ2) is 7.40. The maximum absolute atomic E-state index is 14.6. The van der Waals surface area contributed by atoms with E-state index < -0.39 is 17.6 Å². The number of aromatic nitrogens is 1. The molecule has 3 N–H and O–H groups in total. The molecule has 4 nitrogen and oxygen atoms in total. The predicted molar refractivity (Wildman–Crippen MR) is 96.2 cm³/mol. The number of halogens is 4. The molecular weight excluding hydrogens is 362 g/mol. The predicted octanol–water partition coefficient (Wildman–Crippen LogP) is 4.44. The van der Waals surface area contributed by atoms with Crippen molar-refractivity contribution in [2.45, 2.75) is 6.18 Å². The van der Waals surface area contributed by atoms with E-state index in [0.717, 1.165) is 12.1 Å². The number of nitrogens with two attached hydrogens (primary N) is 1. The fourth-order valence-corrected chi connectivity index (χ4v) is 2.92. The van der Waals surface area contributed by atoms with Gasteiger partial charge in [-0.2, -0.15) is 13.2 Å². The van der Waals surface area contributed by atoms with Gasteiger partial charge in [0, 0.05) is 47.3 Å². The zero-order chi connectivity index (χ0) is 19.6. The molecule has 0 aliphatic heterocycles. The van der Waals surface area contributed by atoms with Crippen LogP contribution >= 0.6 is 0 Å². The Morgan fingerprint density at radius 3 is 2.56 bits per heavy atom. The summed E-state index contributed by atoms with van der Waals surface area (Å²) in [5.74, 6) is -0.165. The molecule has 0 saturated carbocycles. The lowest BCUT2D eigenvalue weighted by atomic mass is 9.95. The number of fused-ring (bicyclic) bond motifs is 1. The molecule has 1 aromatic heterocycles. The van der Waals surface area contributed by atoms with Crippen molar-refractivity contribution in [3.8, 4) is 16.9 Å². The Labute approximate surface area is 153 Å². The van der Waals surface area contributed by atoms with E-state index >= 15 is 0 Å². The first kappa shape index (κ1) is 18.9. The smallest absolute Gasteiger partial charge is 0.417 e. The van der Waals surface area contributed by atoms with Gasteiger partial charge in [-0.3, -0.25) is 0 Å². The first-order valence-electron chi connectivity index (χ1n) is 8.13. The van der Waals surface area contributed by atoms with Gasteiger partial charge in [0.15, 0.2) is 0 Å². The number of nitrogens with one attached hydrogen (secondary N) is 1. The number of benzene rings is 2. The summed E-state index contributed by atoms with van der Waals surface area (Å²) in [7, 11) is 1.38. The molecule has 3 aromatic rings. The van der Waals surface area contributed by atoms with Crippen LogP contribution in [-0.2, 0) is 6.18 Å². The molecule has 0 saturated heterocycles. The van der Waals surface area contributed by atoms with Crippen molar-refractivity contribution in [3.05, 3.63) is 54.0 Å². The van der Waals surface area contributed by atoms with Crippen LogP contribution in [0.2, 0.25) is 0 Å². The third kappa shape index (κ3) is 3.66. The van der Waals surface area contributed by atoms with Gasteiger partial charge in [-0.1, -0.05) is 12.1 Å². The van der Waals surface area contributed by atoms with Crippen molar-refractivity contribution in [3.63, 3.8) is 0 Å². The molecular formula is C19H17F4N3O. The number of alkyl halides is 3. The quantitative estimate of drug-likeness (QED) is 0.644. The lowest BCUT2D eigenvalue weighted by Crippen LogP contribution is -2.14. The van der Waals surface area contributed by atoms with Crippen LogP contribution in [0.15, 0.2) is 42.6 Å². The van der Waals surface area contributed by atoms with Crippen LogP contribution in [0.25, 0.3) is 21.9 Å². The first-order chi connectivity index (χ1) is 12.9. The maximum Gasteiger partial charge on any atom is 0.417 e. The van der Waals surface area contributed by atoms with Gasteiger partial charge in [0.2, 0.25) is 0 Å². The van der Waals surface area contributed by atoms with Crippen molar-refractivity contribution in [1.82, 2.24) is 4.98 Å². The summed E-state index contributed by atoms with van der Waals surface area (Å²) in [5.41, 5.74) is 4.66. The number of anilines is 1. The van der Waals surface area contributed by atoms with Gasteiger partial charge in [-0.25, -0.2) is 9.37 Å². The van der Waals surface area contributed by atoms with Crippen molar-refractivity contribution >= 4 is 16.6 Å². The summed E-state index contributed by atoms with van der Waals surface area (Å²) >= 11 is 0. The number of methoxy groups -OCH3 is 1. The van der Waals surface area contributed by atoms with Gasteiger partial charge in [0.1, 0.15) is 17.4 Å². The number of pyridine rings is 1. The molecule has 0 radical (unpaired) electrons. The van der Waals surface area contributed by atoms with Gasteiger partial charge in [0.25, 0.3) is 0 Å². The third-order valence-corrected chi connectivity index (χ3v) is 4.12. The van der Waals surface area contributed by atoms with Gasteiger partial charge < -0.3 is 15.8 Å². The molecule has 0 aliphatic carbocycles. The van der Waals surface area contributed by atoms with Crippen LogP contribution < -0.4 is 15.8 Å². The summed E-state index contributed by atoms with van der Waals surface area (Å²) in [5, 5.41) is 3.03. The average molecular weight is 379 g/mol. The Bertz CT molecular complexity index is 973. The number of hydrogen-bond donors (Lipinski definition) is 2. The minimum Gasteiger partial charge on any atom is -0.497 e. The highest BCUT2D eigenvalue weighted by molar-refractivity contribution is 6.04. The van der Waals surface area contributed by atoms with Crippen molar-refractivity contribution in [1.29, 1.82) is 0 Å². The summed E-state index contributed by atoms with van der Waals surface area (Å²) in [6.07, 6.45) is -3.37. The Kier molecular flexibility index (Phi) is 5.18. The molecule has 2 aromatic carbocycles. The Morgan fingerprint density at radius 2 is 1.93 bits per heavy atom. The zero-order valence-electron chi connectivity index (χ0n) is 14.4. The molecule has 0 bridgehead atoms. The van der Waals surface area contributed by atoms with E-state index in [2.05, 4.69) is 10.3 Å². The molecule has 0 atom stereocenters. The number of nitrogens with zero attached hydrogens (tertiary/aromatic N) is 1. The molecule has 3 rings (SSSR count). The van der Waals surface area contributed by atoms with Gasteiger partial charge in [0.05, 0.1) is 12.7 Å². The van der Waals surface area contributed by atoms with Crippen molar-refractivity contribution in [2.24, 2.45) is 5.73 Å². The van der Waals surface area contributed by atoms with Crippen LogP contribution in [0.5, 0.6) is 5.75 Å². The van der Waals surface area contributed by atoms with E-state index in [1.54, 1.807) is 0 Å². The minimum absolute atomic E-state index is 0.00961. The second-order valence-electron chi connectivity index (χ2n) is 5.81. The topological polar surface area (TPSA) is 60.2 Å². The Hall–Kier alpha value is -2.87. The monoisotopic (exact) mass is 379 g/mol. The lowest BCUT2D eigenvalue weighted by molar-refractivity contribution is -0.136. The van der Waals surface area contributed by atoms with E-state index in [-0.39, 0.29) is 40.0 Å². The molecule has 0 aliphatic rings. The normalized spacial score (nSPS) is 11.6. The van der Waals surface area contributed by atoms with Gasteiger partial charge in [-0.05, 0) is 18.2 Å². The highest BCUT2D eigenvalue weighted by Gasteiger charge is 2.34. The van der Waals surface area contributed by atoms with E-state index in [1.807, 2.05) is 0 Å². The van der Waals surface area contributed by atoms with Crippen LogP contribution in [0.1, 0.15) is 5.56 Å². The fourth-order valence-electron chi connectivity index (χ4n) is 2.92. The highest BCUT2D eigenvalue weighted by atomic mass is 19.4.